The molecule has 0 aromatic rings. The van der Waals surface area contributed by atoms with Crippen molar-refractivity contribution in [2.24, 2.45) is 27.6 Å². The smallest absolute Gasteiger partial charge is 0.0383 e. The van der Waals surface area contributed by atoms with Crippen molar-refractivity contribution in [1.29, 1.82) is 0 Å². The van der Waals surface area contributed by atoms with Gasteiger partial charge in [0.15, 0.2) is 0 Å². The molecule has 0 saturated carbocycles. The van der Waals surface area contributed by atoms with E-state index in [0.717, 1.165) is 5.92 Å². The van der Waals surface area contributed by atoms with Gasteiger partial charge in [0.05, 0.1) is 0 Å². The molecular formula is C33H76. The highest BCUT2D eigenvalue weighted by Gasteiger charge is 2.07. The Morgan fingerprint density at radius 3 is 0.879 bits per heavy atom. The van der Waals surface area contributed by atoms with Gasteiger partial charge >= 0.3 is 0 Å². The SMILES string of the molecule is CC(C)(C)C.CCC(C)(C)C.CCCC(C)(C)C.CCCC(C)CC.CCCCC(C)(C)C. The molecule has 0 spiro atoms. The van der Waals surface area contributed by atoms with Crippen molar-refractivity contribution in [2.45, 2.75) is 189 Å². The third kappa shape index (κ3) is 99.7. The minimum atomic E-state index is 0.500. The fourth-order valence-electron chi connectivity index (χ4n) is 2.15. The molecule has 0 aliphatic rings. The normalized spacial score (nSPS) is 12.5. The summed E-state index contributed by atoms with van der Waals surface area (Å²) in [6.45, 7) is 42.7. The molecule has 0 saturated heterocycles. The average molecular weight is 473 g/mol. The second kappa shape index (κ2) is 23.7. The molecule has 0 fully saturated rings. The monoisotopic (exact) mass is 473 g/mol. The third-order valence-electron chi connectivity index (χ3n) is 4.82. The number of rotatable bonds is 6. The van der Waals surface area contributed by atoms with Gasteiger partial charge in [0.1, 0.15) is 0 Å². The van der Waals surface area contributed by atoms with Crippen molar-refractivity contribution >= 4 is 0 Å². The summed E-state index contributed by atoms with van der Waals surface area (Å²) in [7, 11) is 0. The summed E-state index contributed by atoms with van der Waals surface area (Å²) in [6.07, 6.45) is 12.1. The van der Waals surface area contributed by atoms with E-state index in [4.69, 9.17) is 0 Å². The van der Waals surface area contributed by atoms with Crippen LogP contribution in [0.2, 0.25) is 0 Å². The number of unbranched alkanes of at least 4 members (excludes halogenated alkanes) is 1. The van der Waals surface area contributed by atoms with Crippen molar-refractivity contribution in [1.82, 2.24) is 0 Å². The molecule has 0 aliphatic carbocycles. The van der Waals surface area contributed by atoms with Crippen LogP contribution in [-0.2, 0) is 0 Å². The Hall–Kier alpha value is 0. The Balaban J connectivity index is -0.0000000998. The van der Waals surface area contributed by atoms with E-state index in [-0.39, 0.29) is 0 Å². The minimum Gasteiger partial charge on any atom is -0.0654 e. The molecule has 0 aliphatic heterocycles. The Morgan fingerprint density at radius 2 is 0.818 bits per heavy atom. The molecule has 0 N–H and O–H groups in total. The van der Waals surface area contributed by atoms with Crippen LogP contribution in [0.25, 0.3) is 0 Å². The molecule has 1 atom stereocenters. The van der Waals surface area contributed by atoms with Crippen LogP contribution in [0.15, 0.2) is 0 Å². The van der Waals surface area contributed by atoms with E-state index in [1.165, 1.54) is 57.8 Å². The van der Waals surface area contributed by atoms with Gasteiger partial charge in [0.2, 0.25) is 0 Å². The zero-order valence-electron chi connectivity index (χ0n) is 27.9. The topological polar surface area (TPSA) is 0 Å². The zero-order valence-corrected chi connectivity index (χ0v) is 27.9. The average Bonchev–Trinajstić information content (AvgIpc) is 2.58. The molecule has 0 radical (unpaired) electrons. The molecule has 0 heterocycles. The summed E-state index contributed by atoms with van der Waals surface area (Å²) >= 11 is 0. The molecule has 1 unspecified atom stereocenters. The van der Waals surface area contributed by atoms with Gasteiger partial charge in [0.25, 0.3) is 0 Å². The van der Waals surface area contributed by atoms with Crippen LogP contribution in [0.5, 0.6) is 0 Å². The first-order chi connectivity index (χ1) is 14.5. The number of hydrogen-bond acceptors (Lipinski definition) is 0. The quantitative estimate of drug-likeness (QED) is 0.360. The second-order valence-electron chi connectivity index (χ2n) is 15.2. The van der Waals surface area contributed by atoms with Gasteiger partial charge in [-0.25, -0.2) is 0 Å². The van der Waals surface area contributed by atoms with E-state index in [1.54, 1.807) is 0 Å². The Labute approximate surface area is 216 Å². The van der Waals surface area contributed by atoms with E-state index in [9.17, 15) is 0 Å². The van der Waals surface area contributed by atoms with E-state index >= 15 is 0 Å². The van der Waals surface area contributed by atoms with E-state index < -0.39 is 0 Å². The molecule has 33 heavy (non-hydrogen) atoms. The van der Waals surface area contributed by atoms with Crippen LogP contribution >= 0.6 is 0 Å². The predicted molar refractivity (Wildman–Crippen MR) is 163 cm³/mol. The van der Waals surface area contributed by atoms with Crippen molar-refractivity contribution in [3.8, 4) is 0 Å². The molecule has 208 valence electrons. The van der Waals surface area contributed by atoms with Gasteiger partial charge in [-0.05, 0) is 40.4 Å². The van der Waals surface area contributed by atoms with Gasteiger partial charge in [-0.1, -0.05) is 176 Å². The van der Waals surface area contributed by atoms with E-state index in [1.807, 2.05) is 0 Å². The first kappa shape index (κ1) is 43.1. The minimum absolute atomic E-state index is 0.500. The Kier molecular flexibility index (Phi) is 31.0. The Bertz CT molecular complexity index is 328. The summed E-state index contributed by atoms with van der Waals surface area (Å²) in [4.78, 5) is 0. The van der Waals surface area contributed by atoms with Crippen LogP contribution in [0, 0.1) is 27.6 Å². The first-order valence-corrected chi connectivity index (χ1v) is 14.5. The molecule has 0 bridgehead atoms. The fraction of sp³-hybridized carbons (Fsp3) is 1.00. The molecule has 0 aromatic heterocycles. The van der Waals surface area contributed by atoms with Crippen LogP contribution in [0.3, 0.4) is 0 Å². The second-order valence-corrected chi connectivity index (χ2v) is 15.2. The summed E-state index contributed by atoms with van der Waals surface area (Å²) in [5.74, 6) is 0.949. The van der Waals surface area contributed by atoms with E-state index in [2.05, 4.69) is 132 Å². The fourth-order valence-corrected chi connectivity index (χ4v) is 2.15. The van der Waals surface area contributed by atoms with Gasteiger partial charge in [-0.15, -0.1) is 0 Å². The van der Waals surface area contributed by atoms with Crippen molar-refractivity contribution < 1.29 is 0 Å². The molecular weight excluding hydrogens is 396 g/mol. The third-order valence-corrected chi connectivity index (χ3v) is 4.82. The van der Waals surface area contributed by atoms with Crippen molar-refractivity contribution in [2.75, 3.05) is 0 Å². The van der Waals surface area contributed by atoms with Crippen LogP contribution in [0.4, 0.5) is 0 Å². The lowest BCUT2D eigenvalue weighted by atomic mass is 9.90. The summed E-state index contributed by atoms with van der Waals surface area (Å²) in [6, 6.07) is 0. The highest BCUT2D eigenvalue weighted by Crippen LogP contribution is 2.21. The largest absolute Gasteiger partial charge is 0.0654 e. The van der Waals surface area contributed by atoms with Gasteiger partial charge in [0, 0.05) is 0 Å². The van der Waals surface area contributed by atoms with Crippen molar-refractivity contribution in [3.63, 3.8) is 0 Å². The van der Waals surface area contributed by atoms with Crippen molar-refractivity contribution in [3.05, 3.63) is 0 Å². The van der Waals surface area contributed by atoms with Gasteiger partial charge < -0.3 is 0 Å². The highest BCUT2D eigenvalue weighted by atomic mass is 14.1. The van der Waals surface area contributed by atoms with E-state index in [0.29, 0.717) is 21.7 Å². The lowest BCUT2D eigenvalue weighted by Gasteiger charge is -2.16. The van der Waals surface area contributed by atoms with Crippen LogP contribution in [-0.4, -0.2) is 0 Å². The number of hydrogen-bond donors (Lipinski definition) is 0. The maximum Gasteiger partial charge on any atom is -0.0383 e. The first-order valence-electron chi connectivity index (χ1n) is 14.5. The molecule has 0 aromatic carbocycles. The summed E-state index contributed by atoms with van der Waals surface area (Å²) in [5, 5.41) is 0. The maximum absolute atomic E-state index is 2.31. The summed E-state index contributed by atoms with van der Waals surface area (Å²) in [5.41, 5.74) is 2.14. The maximum atomic E-state index is 2.31. The zero-order chi connectivity index (χ0) is 27.9. The van der Waals surface area contributed by atoms with Gasteiger partial charge in [-0.3, -0.25) is 0 Å². The summed E-state index contributed by atoms with van der Waals surface area (Å²) < 4.78 is 0. The van der Waals surface area contributed by atoms with Crippen LogP contribution < -0.4 is 0 Å². The van der Waals surface area contributed by atoms with Crippen LogP contribution in [0.1, 0.15) is 189 Å². The standard InChI is InChI=1S/C8H18.2C7H16.C6H14.C5H12/c1-5-6-7-8(2,3)4;1-5-6-7(2,3)4;1-4-6-7(3)5-2;1-5-6(2,3)4;1-5(2,3)4/h5-7H2,1-4H3;5-6H2,1-4H3;7H,4-6H2,1-3H3;5H2,1-4H3;1-4H3. The molecule has 0 heteroatoms. The highest BCUT2D eigenvalue weighted by molar-refractivity contribution is 4.60. The molecule has 0 rings (SSSR count). The predicted octanol–water partition coefficient (Wildman–Crippen LogP) is 13.4. The lowest BCUT2D eigenvalue weighted by Crippen LogP contribution is -2.03. The Morgan fingerprint density at radius 1 is 0.485 bits per heavy atom. The van der Waals surface area contributed by atoms with Gasteiger partial charge in [-0.2, -0.15) is 0 Å². The molecule has 0 nitrogen and oxygen atoms in total. The lowest BCUT2D eigenvalue weighted by molar-refractivity contribution is 0.363. The molecule has 0 amide bonds.